The average molecular weight is 265 g/mol. The maximum absolute atomic E-state index is 11.6. The van der Waals surface area contributed by atoms with Crippen molar-refractivity contribution < 1.29 is 13.6 Å². The molecule has 0 amide bonds. The summed E-state index contributed by atoms with van der Waals surface area (Å²) in [5.41, 5.74) is 5.41. The summed E-state index contributed by atoms with van der Waals surface area (Å²) in [6.07, 6.45) is 1.53. The van der Waals surface area contributed by atoms with Crippen LogP contribution in [0.3, 0.4) is 0 Å². The van der Waals surface area contributed by atoms with Gasteiger partial charge in [0.15, 0.2) is 15.7 Å². The first kappa shape index (κ1) is 16.2. The molecule has 0 saturated carbocycles. The topological polar surface area (TPSA) is 96.0 Å². The number of hydrogen-bond donors (Lipinski definition) is 2. The Balaban J connectivity index is 4.26. The largest absolute Gasteiger partial charge is 0.409 e. The van der Waals surface area contributed by atoms with Crippen LogP contribution in [0.4, 0.5) is 0 Å². The van der Waals surface area contributed by atoms with Gasteiger partial charge < -0.3 is 10.9 Å². The van der Waals surface area contributed by atoms with Crippen LogP contribution in [0.25, 0.3) is 0 Å². The molecule has 0 aliphatic carbocycles. The highest BCUT2D eigenvalue weighted by atomic mass is 32.2. The van der Waals surface area contributed by atoms with Crippen molar-refractivity contribution in [3.8, 4) is 0 Å². The number of amidine groups is 1. The summed E-state index contributed by atoms with van der Waals surface area (Å²) in [5.74, 6) is 0.446. The molecule has 0 rings (SSSR count). The minimum Gasteiger partial charge on any atom is -0.409 e. The Hall–Kier alpha value is -0.820. The SMILES string of the molecule is CCCN(CCS(=O)(=O)CCC)CC(N)=NO. The lowest BCUT2D eigenvalue weighted by molar-refractivity contribution is 0.299. The van der Waals surface area contributed by atoms with Crippen LogP contribution in [-0.4, -0.2) is 55.5 Å². The summed E-state index contributed by atoms with van der Waals surface area (Å²) in [6.45, 7) is 5.30. The molecule has 17 heavy (non-hydrogen) atoms. The first-order valence-corrected chi connectivity index (χ1v) is 7.66. The van der Waals surface area contributed by atoms with Gasteiger partial charge >= 0.3 is 0 Å². The highest BCUT2D eigenvalue weighted by Crippen LogP contribution is 1.98. The van der Waals surface area contributed by atoms with Crippen molar-refractivity contribution in [2.45, 2.75) is 26.7 Å². The molecule has 0 spiro atoms. The van der Waals surface area contributed by atoms with Crippen molar-refractivity contribution in [1.82, 2.24) is 4.90 Å². The summed E-state index contributed by atoms with van der Waals surface area (Å²) in [4.78, 5) is 1.88. The lowest BCUT2D eigenvalue weighted by atomic mass is 10.4. The Morgan fingerprint density at radius 3 is 2.35 bits per heavy atom. The molecule has 102 valence electrons. The third kappa shape index (κ3) is 7.98. The first-order valence-electron chi connectivity index (χ1n) is 5.84. The van der Waals surface area contributed by atoms with E-state index in [1.807, 2.05) is 18.7 Å². The summed E-state index contributed by atoms with van der Waals surface area (Å²) >= 11 is 0. The highest BCUT2D eigenvalue weighted by Gasteiger charge is 2.13. The van der Waals surface area contributed by atoms with Gasteiger partial charge in [-0.1, -0.05) is 19.0 Å². The number of nitrogens with zero attached hydrogens (tertiary/aromatic N) is 2. The van der Waals surface area contributed by atoms with Gasteiger partial charge in [-0.3, -0.25) is 4.90 Å². The van der Waals surface area contributed by atoms with E-state index in [9.17, 15) is 8.42 Å². The number of nitrogens with two attached hydrogens (primary N) is 1. The Labute approximate surface area is 103 Å². The molecule has 0 aliphatic rings. The van der Waals surface area contributed by atoms with Crippen molar-refractivity contribution in [2.24, 2.45) is 10.9 Å². The van der Waals surface area contributed by atoms with Crippen LogP contribution in [0.1, 0.15) is 26.7 Å². The van der Waals surface area contributed by atoms with Gasteiger partial charge in [0.1, 0.15) is 0 Å². The van der Waals surface area contributed by atoms with Gasteiger partial charge in [-0.25, -0.2) is 8.42 Å². The van der Waals surface area contributed by atoms with E-state index in [4.69, 9.17) is 10.9 Å². The number of hydrogen-bond acceptors (Lipinski definition) is 5. The zero-order chi connectivity index (χ0) is 13.3. The molecular formula is C10H23N3O3S. The fourth-order valence-corrected chi connectivity index (χ4v) is 2.89. The highest BCUT2D eigenvalue weighted by molar-refractivity contribution is 7.91. The molecule has 0 saturated heterocycles. The third-order valence-corrected chi connectivity index (χ3v) is 4.12. The third-order valence-electron chi connectivity index (χ3n) is 2.29. The van der Waals surface area contributed by atoms with Gasteiger partial charge in [0.25, 0.3) is 0 Å². The standard InChI is InChI=1S/C10H23N3O3S/c1-3-5-13(9-10(11)12-14)6-8-17(15,16)7-4-2/h14H,3-9H2,1-2H3,(H2,11,12). The second-order valence-electron chi connectivity index (χ2n) is 4.02. The zero-order valence-electron chi connectivity index (χ0n) is 10.6. The van der Waals surface area contributed by atoms with Crippen molar-refractivity contribution in [1.29, 1.82) is 0 Å². The van der Waals surface area contributed by atoms with Crippen LogP contribution < -0.4 is 5.73 Å². The average Bonchev–Trinajstić information content (AvgIpc) is 2.26. The minimum atomic E-state index is -2.97. The van der Waals surface area contributed by atoms with Gasteiger partial charge in [0.2, 0.25) is 0 Å². The van der Waals surface area contributed by atoms with E-state index < -0.39 is 9.84 Å². The van der Waals surface area contributed by atoms with Crippen LogP contribution in [0.15, 0.2) is 5.16 Å². The molecular weight excluding hydrogens is 242 g/mol. The molecule has 0 aliphatic heterocycles. The summed E-state index contributed by atoms with van der Waals surface area (Å²) in [7, 11) is -2.97. The maximum Gasteiger partial charge on any atom is 0.153 e. The Morgan fingerprint density at radius 2 is 1.88 bits per heavy atom. The fourth-order valence-electron chi connectivity index (χ4n) is 1.53. The molecule has 0 radical (unpaired) electrons. The predicted molar refractivity (Wildman–Crippen MR) is 69.1 cm³/mol. The Bertz CT molecular complexity index is 328. The fraction of sp³-hybridized carbons (Fsp3) is 0.900. The number of sulfone groups is 1. The van der Waals surface area contributed by atoms with E-state index in [-0.39, 0.29) is 17.3 Å². The van der Waals surface area contributed by atoms with E-state index in [1.165, 1.54) is 0 Å². The molecule has 0 fully saturated rings. The predicted octanol–water partition coefficient (Wildman–Crippen LogP) is 0.270. The van der Waals surface area contributed by atoms with Gasteiger partial charge in [-0.15, -0.1) is 0 Å². The summed E-state index contributed by atoms with van der Waals surface area (Å²) in [6, 6.07) is 0. The molecule has 6 nitrogen and oxygen atoms in total. The smallest absolute Gasteiger partial charge is 0.153 e. The first-order chi connectivity index (χ1) is 7.95. The Kier molecular flexibility index (Phi) is 7.90. The van der Waals surface area contributed by atoms with Crippen molar-refractivity contribution in [3.05, 3.63) is 0 Å². The molecule has 7 heteroatoms. The van der Waals surface area contributed by atoms with Crippen LogP contribution in [0.2, 0.25) is 0 Å². The maximum atomic E-state index is 11.6. The quantitative estimate of drug-likeness (QED) is 0.270. The van der Waals surface area contributed by atoms with Crippen LogP contribution in [0, 0.1) is 0 Å². The van der Waals surface area contributed by atoms with Crippen molar-refractivity contribution >= 4 is 15.7 Å². The monoisotopic (exact) mass is 265 g/mol. The summed E-state index contributed by atoms with van der Waals surface area (Å²) in [5, 5.41) is 11.4. The minimum absolute atomic E-state index is 0.103. The van der Waals surface area contributed by atoms with Crippen LogP contribution in [0.5, 0.6) is 0 Å². The second-order valence-corrected chi connectivity index (χ2v) is 6.32. The van der Waals surface area contributed by atoms with Gasteiger partial charge in [-0.2, -0.15) is 0 Å². The molecule has 0 bridgehead atoms. The lowest BCUT2D eigenvalue weighted by Gasteiger charge is -2.20. The van der Waals surface area contributed by atoms with Crippen LogP contribution in [-0.2, 0) is 9.84 Å². The van der Waals surface area contributed by atoms with E-state index in [1.54, 1.807) is 0 Å². The number of rotatable bonds is 9. The second kappa shape index (κ2) is 8.30. The van der Waals surface area contributed by atoms with E-state index in [0.717, 1.165) is 13.0 Å². The molecule has 0 unspecified atom stereocenters. The zero-order valence-corrected chi connectivity index (χ0v) is 11.4. The molecule has 0 aromatic heterocycles. The molecule has 0 heterocycles. The van der Waals surface area contributed by atoms with E-state index >= 15 is 0 Å². The summed E-state index contributed by atoms with van der Waals surface area (Å²) < 4.78 is 23.1. The van der Waals surface area contributed by atoms with Gasteiger partial charge in [-0.05, 0) is 19.4 Å². The van der Waals surface area contributed by atoms with E-state index in [0.29, 0.717) is 19.5 Å². The molecule has 0 atom stereocenters. The molecule has 3 N–H and O–H groups in total. The lowest BCUT2D eigenvalue weighted by Crippen LogP contribution is -2.37. The van der Waals surface area contributed by atoms with Crippen molar-refractivity contribution in [2.75, 3.05) is 31.1 Å². The van der Waals surface area contributed by atoms with Gasteiger partial charge in [0.05, 0.1) is 12.3 Å². The van der Waals surface area contributed by atoms with E-state index in [2.05, 4.69) is 5.16 Å². The normalized spacial score (nSPS) is 13.2. The molecule has 0 aromatic rings. The van der Waals surface area contributed by atoms with Gasteiger partial charge in [0, 0.05) is 12.3 Å². The number of oxime groups is 1. The Morgan fingerprint density at radius 1 is 1.24 bits per heavy atom. The van der Waals surface area contributed by atoms with Crippen LogP contribution >= 0.6 is 0 Å². The van der Waals surface area contributed by atoms with Crippen molar-refractivity contribution in [3.63, 3.8) is 0 Å². The molecule has 0 aromatic carbocycles.